The summed E-state index contributed by atoms with van der Waals surface area (Å²) in [6.07, 6.45) is -2.46. The van der Waals surface area contributed by atoms with Crippen molar-refractivity contribution in [3.8, 4) is 22.6 Å². The van der Waals surface area contributed by atoms with Gasteiger partial charge in [0.15, 0.2) is 0 Å². The van der Waals surface area contributed by atoms with Crippen LogP contribution in [0, 0.1) is 0 Å². The SMILES string of the molecule is C[C@@H]1NC(=O)[C@@H](N(C)C(=O)[C@@H](N)CCNC(=O)OC(C)(C)C)c2ccc(OCCNC(=O)OC(C)(C)C)c(c2)-c2cc(ccc2OCCNC(=O)OC(C)(C)C)C[C@@H](C(=O)NS(=O)(=O)CCl)NC1=O. The van der Waals surface area contributed by atoms with Crippen LogP contribution in [0.3, 0.4) is 0 Å². The molecule has 1 heterocycles. The Morgan fingerprint density at radius 1 is 0.754 bits per heavy atom. The van der Waals surface area contributed by atoms with E-state index in [2.05, 4.69) is 26.6 Å². The van der Waals surface area contributed by atoms with Gasteiger partial charge in [-0.2, -0.15) is 0 Å². The standard InChI is InChI=1S/C45H67ClN8O14S/c1-26-36(55)52-32(37(56)53-69(62,63)25-46)23-27-12-14-33(64-20-18-49-41(60)67-44(5,6)7)29(22-27)30-24-28(13-15-34(30)65-21-19-50-42(61)68-45(8,9)10)35(38(57)51-26)54(11)39(58)31(47)16-17-48-40(59)66-43(2,3)4/h12-15,22,24,26,31-32,35H,16-21,23,25,47H2,1-11H3,(H,48,59)(H,49,60)(H,50,61)(H,51,57)(H,52,55)(H,53,56)/t26-,31-,32-,35-/m0/s1. The van der Waals surface area contributed by atoms with Crippen LogP contribution in [0.5, 0.6) is 11.5 Å². The van der Waals surface area contributed by atoms with Crippen molar-refractivity contribution in [3.63, 3.8) is 0 Å². The monoisotopic (exact) mass is 1010 g/mol. The number of nitrogens with one attached hydrogen (secondary N) is 6. The lowest BCUT2D eigenvalue weighted by molar-refractivity contribution is -0.141. The molecule has 4 bridgehead atoms. The number of hydrogen-bond donors (Lipinski definition) is 7. The van der Waals surface area contributed by atoms with E-state index in [9.17, 15) is 42.0 Å². The van der Waals surface area contributed by atoms with Crippen LogP contribution in [0.1, 0.15) is 92.8 Å². The van der Waals surface area contributed by atoms with E-state index >= 15 is 0 Å². The molecule has 0 spiro atoms. The van der Waals surface area contributed by atoms with Gasteiger partial charge in [0.05, 0.1) is 19.1 Å². The molecule has 1 aliphatic rings. The van der Waals surface area contributed by atoms with Crippen LogP contribution in [0.15, 0.2) is 36.4 Å². The number of carbonyl (C=O) groups excluding carboxylic acids is 7. The Morgan fingerprint density at radius 2 is 1.23 bits per heavy atom. The number of alkyl carbamates (subject to hydrolysis) is 3. The van der Waals surface area contributed by atoms with Crippen LogP contribution >= 0.6 is 11.6 Å². The number of likely N-dealkylation sites (N-methyl/N-ethyl adjacent to an activating group) is 1. The quantitative estimate of drug-likeness (QED) is 0.0722. The van der Waals surface area contributed by atoms with Crippen molar-refractivity contribution >= 4 is 63.5 Å². The van der Waals surface area contributed by atoms with Gasteiger partial charge in [-0.25, -0.2) is 22.8 Å². The largest absolute Gasteiger partial charge is 0.491 e. The van der Waals surface area contributed by atoms with Crippen LogP contribution in [0.4, 0.5) is 14.4 Å². The van der Waals surface area contributed by atoms with Gasteiger partial charge in [0.25, 0.3) is 5.91 Å². The first-order valence-electron chi connectivity index (χ1n) is 22.0. The number of nitrogens with two attached hydrogens (primary N) is 1. The molecule has 0 aliphatic carbocycles. The molecule has 0 unspecified atom stereocenters. The van der Waals surface area contributed by atoms with E-state index in [1.165, 1.54) is 26.1 Å². The number of sulfonamides is 1. The van der Waals surface area contributed by atoms with E-state index in [1.807, 2.05) is 4.72 Å². The molecule has 2 aromatic rings. The van der Waals surface area contributed by atoms with E-state index in [0.29, 0.717) is 5.56 Å². The second kappa shape index (κ2) is 24.5. The minimum absolute atomic E-state index is 0.0138. The topological polar surface area (TPSA) is 301 Å². The van der Waals surface area contributed by atoms with Crippen molar-refractivity contribution in [2.24, 2.45) is 5.73 Å². The van der Waals surface area contributed by atoms with E-state index in [0.717, 1.165) is 4.90 Å². The predicted molar refractivity (Wildman–Crippen MR) is 255 cm³/mol. The third kappa shape index (κ3) is 19.5. The highest BCUT2D eigenvalue weighted by molar-refractivity contribution is 7.91. The zero-order chi connectivity index (χ0) is 52.1. The number of halogens is 1. The number of ether oxygens (including phenoxy) is 5. The molecule has 0 aromatic heterocycles. The fraction of sp³-hybridized carbons (Fsp3) is 0.578. The Bertz CT molecular complexity index is 2300. The first-order chi connectivity index (χ1) is 31.9. The Morgan fingerprint density at radius 3 is 1.72 bits per heavy atom. The summed E-state index contributed by atoms with van der Waals surface area (Å²) in [5.41, 5.74) is 5.17. The van der Waals surface area contributed by atoms with E-state index < -0.39 is 98.1 Å². The second-order valence-corrected chi connectivity index (χ2v) is 21.3. The van der Waals surface area contributed by atoms with Crippen molar-refractivity contribution in [2.75, 3.05) is 45.1 Å². The van der Waals surface area contributed by atoms with Gasteiger partial charge >= 0.3 is 18.3 Å². The number of carbonyl (C=O) groups is 7. The molecule has 0 saturated heterocycles. The number of nitrogens with zero attached hydrogens (tertiary/aromatic N) is 1. The third-order valence-corrected chi connectivity index (χ3v) is 11.0. The van der Waals surface area contributed by atoms with Crippen molar-refractivity contribution in [3.05, 3.63) is 47.5 Å². The third-order valence-electron chi connectivity index (χ3n) is 9.36. The Hall–Kier alpha value is -6.07. The molecule has 8 N–H and O–H groups in total. The molecule has 7 amide bonds. The lowest BCUT2D eigenvalue weighted by atomic mass is 9.93. The average Bonchev–Trinajstić information content (AvgIpc) is 3.21. The maximum absolute atomic E-state index is 14.5. The summed E-state index contributed by atoms with van der Waals surface area (Å²) in [4.78, 5) is 94.1. The van der Waals surface area contributed by atoms with Crippen molar-refractivity contribution < 1.29 is 65.7 Å². The highest BCUT2D eigenvalue weighted by Crippen LogP contribution is 2.40. The van der Waals surface area contributed by atoms with E-state index in [-0.39, 0.29) is 73.9 Å². The second-order valence-electron chi connectivity index (χ2n) is 19.0. The summed E-state index contributed by atoms with van der Waals surface area (Å²) in [7, 11) is -3.00. The van der Waals surface area contributed by atoms with E-state index in [1.54, 1.807) is 86.6 Å². The summed E-state index contributed by atoms with van der Waals surface area (Å²) in [6.45, 7) is 16.4. The van der Waals surface area contributed by atoms with Gasteiger partial charge in [0.2, 0.25) is 27.7 Å². The van der Waals surface area contributed by atoms with Gasteiger partial charge in [0, 0.05) is 31.1 Å². The number of hydrogen-bond acceptors (Lipinski definition) is 15. The summed E-state index contributed by atoms with van der Waals surface area (Å²) in [6, 6.07) is 3.65. The van der Waals surface area contributed by atoms with Gasteiger partial charge in [-0.1, -0.05) is 12.1 Å². The molecular formula is C45H67ClN8O14S. The Labute approximate surface area is 408 Å². The molecule has 3 rings (SSSR count). The molecule has 2 aromatic carbocycles. The summed E-state index contributed by atoms with van der Waals surface area (Å²) >= 11 is 5.59. The van der Waals surface area contributed by atoms with Crippen molar-refractivity contribution in [1.29, 1.82) is 0 Å². The lowest BCUT2D eigenvalue weighted by Gasteiger charge is -2.31. The Balaban J connectivity index is 2.23. The lowest BCUT2D eigenvalue weighted by Crippen LogP contribution is -2.56. The molecule has 22 nitrogen and oxygen atoms in total. The number of fused-ring (bicyclic) bond motifs is 5. The molecule has 24 heteroatoms. The molecule has 0 radical (unpaired) electrons. The normalized spacial score (nSPS) is 17.0. The van der Waals surface area contributed by atoms with Crippen LogP contribution in [-0.2, 0) is 49.8 Å². The number of alkyl halides is 1. The number of amides is 7. The van der Waals surface area contributed by atoms with Gasteiger partial charge in [-0.3, -0.25) is 23.9 Å². The fourth-order valence-corrected chi connectivity index (χ4v) is 7.08. The summed E-state index contributed by atoms with van der Waals surface area (Å²) in [5, 5.41) is 11.9. The first-order valence-corrected chi connectivity index (χ1v) is 24.2. The number of rotatable bonds is 16. The average molecular weight is 1010 g/mol. The van der Waals surface area contributed by atoms with Crippen LogP contribution in [0.25, 0.3) is 11.1 Å². The van der Waals surface area contributed by atoms with E-state index in [4.69, 9.17) is 41.0 Å². The van der Waals surface area contributed by atoms with Crippen molar-refractivity contribution in [2.45, 2.75) is 123 Å². The highest BCUT2D eigenvalue weighted by Gasteiger charge is 2.35. The molecule has 4 atom stereocenters. The molecule has 0 fully saturated rings. The molecule has 0 saturated carbocycles. The summed E-state index contributed by atoms with van der Waals surface area (Å²) < 4.78 is 55.1. The smallest absolute Gasteiger partial charge is 0.407 e. The van der Waals surface area contributed by atoms with Crippen molar-refractivity contribution in [1.82, 2.24) is 36.2 Å². The van der Waals surface area contributed by atoms with Crippen LogP contribution in [0.2, 0.25) is 0 Å². The van der Waals surface area contributed by atoms with Gasteiger partial charge < -0.3 is 60.9 Å². The minimum atomic E-state index is -4.33. The van der Waals surface area contributed by atoms with Gasteiger partial charge in [-0.15, -0.1) is 11.6 Å². The zero-order valence-corrected chi connectivity index (χ0v) is 42.5. The molecular weight excluding hydrogens is 944 g/mol. The maximum Gasteiger partial charge on any atom is 0.407 e. The molecule has 69 heavy (non-hydrogen) atoms. The molecule has 1 aliphatic heterocycles. The minimum Gasteiger partial charge on any atom is -0.491 e. The van der Waals surface area contributed by atoms with Crippen LogP contribution in [-0.4, -0.2) is 135 Å². The molecule has 384 valence electrons. The zero-order valence-electron chi connectivity index (χ0n) is 41.0. The highest BCUT2D eigenvalue weighted by atomic mass is 35.5. The first kappa shape index (κ1) is 57.2. The van der Waals surface area contributed by atoms with Gasteiger partial charge in [-0.05, 0) is 111 Å². The van der Waals surface area contributed by atoms with Crippen LogP contribution < -0.4 is 46.5 Å². The number of benzene rings is 2. The summed E-state index contributed by atoms with van der Waals surface area (Å²) in [5.74, 6) is -3.23. The van der Waals surface area contributed by atoms with Gasteiger partial charge in [0.1, 0.15) is 64.9 Å². The maximum atomic E-state index is 14.5. The fourth-order valence-electron chi connectivity index (χ4n) is 6.41. The predicted octanol–water partition coefficient (Wildman–Crippen LogP) is 3.09. The Kier molecular flexibility index (Phi) is 20.3.